The van der Waals surface area contributed by atoms with Crippen LogP contribution in [0.4, 0.5) is 0 Å². The van der Waals surface area contributed by atoms with Crippen LogP contribution in [0, 0.1) is 0 Å². The van der Waals surface area contributed by atoms with E-state index in [0.717, 1.165) is 36.2 Å². The highest BCUT2D eigenvalue weighted by molar-refractivity contribution is 5.74. The van der Waals surface area contributed by atoms with Crippen molar-refractivity contribution in [3.8, 4) is 11.3 Å². The standard InChI is InChI=1S/C21H18N4O/c26-20-12-19(16-9-8-14-5-1-2-6-15(14)11-16)24-21-17(13-23-25(20)21)18-7-3-4-10-22-18/h1-7,10,12-13,16,24H,8-9,11H2. The summed E-state index contributed by atoms with van der Waals surface area (Å²) in [6, 6.07) is 16.0. The topological polar surface area (TPSA) is 63.0 Å². The monoisotopic (exact) mass is 342 g/mol. The minimum absolute atomic E-state index is 0.102. The number of benzene rings is 1. The molecule has 1 unspecified atom stereocenters. The van der Waals surface area contributed by atoms with Gasteiger partial charge in [0, 0.05) is 23.9 Å². The van der Waals surface area contributed by atoms with Gasteiger partial charge in [-0.3, -0.25) is 9.78 Å². The van der Waals surface area contributed by atoms with Gasteiger partial charge in [0.05, 0.1) is 17.5 Å². The van der Waals surface area contributed by atoms with E-state index >= 15 is 0 Å². The van der Waals surface area contributed by atoms with Crippen LogP contribution >= 0.6 is 0 Å². The summed E-state index contributed by atoms with van der Waals surface area (Å²) in [5, 5.41) is 4.25. The highest BCUT2D eigenvalue weighted by atomic mass is 16.1. The van der Waals surface area contributed by atoms with Crippen LogP contribution in [0.2, 0.25) is 0 Å². The Labute approximate surface area is 150 Å². The molecule has 0 spiro atoms. The fourth-order valence-corrected chi connectivity index (χ4v) is 3.90. The Hall–Kier alpha value is -3.21. The molecule has 0 saturated carbocycles. The highest BCUT2D eigenvalue weighted by Gasteiger charge is 2.22. The molecule has 5 rings (SSSR count). The van der Waals surface area contributed by atoms with Gasteiger partial charge in [0.2, 0.25) is 0 Å². The summed E-state index contributed by atoms with van der Waals surface area (Å²) in [6.07, 6.45) is 6.49. The maximum absolute atomic E-state index is 12.6. The molecule has 0 aliphatic heterocycles. The molecule has 0 bridgehead atoms. The summed E-state index contributed by atoms with van der Waals surface area (Å²) in [5.74, 6) is 0.314. The third-order valence-electron chi connectivity index (χ3n) is 5.25. The quantitative estimate of drug-likeness (QED) is 0.607. The molecule has 128 valence electrons. The van der Waals surface area contributed by atoms with Crippen molar-refractivity contribution in [1.29, 1.82) is 0 Å². The molecule has 26 heavy (non-hydrogen) atoms. The number of hydrogen-bond donors (Lipinski definition) is 1. The second-order valence-electron chi connectivity index (χ2n) is 6.80. The number of pyridine rings is 1. The van der Waals surface area contributed by atoms with E-state index in [0.29, 0.717) is 11.6 Å². The van der Waals surface area contributed by atoms with Crippen LogP contribution in [-0.2, 0) is 12.8 Å². The second kappa shape index (κ2) is 5.95. The van der Waals surface area contributed by atoms with Gasteiger partial charge >= 0.3 is 0 Å². The van der Waals surface area contributed by atoms with Crippen molar-refractivity contribution in [2.75, 3.05) is 0 Å². The van der Waals surface area contributed by atoms with Crippen molar-refractivity contribution in [3.05, 3.63) is 88.1 Å². The van der Waals surface area contributed by atoms with Crippen molar-refractivity contribution >= 4 is 5.65 Å². The van der Waals surface area contributed by atoms with Crippen LogP contribution in [0.15, 0.2) is 65.7 Å². The number of H-pyrrole nitrogens is 1. The maximum Gasteiger partial charge on any atom is 0.274 e. The number of rotatable bonds is 2. The first-order valence-corrected chi connectivity index (χ1v) is 8.89. The Bertz CT molecular complexity index is 1140. The van der Waals surface area contributed by atoms with Gasteiger partial charge in [-0.25, -0.2) is 0 Å². The largest absolute Gasteiger partial charge is 0.343 e. The Morgan fingerprint density at radius 3 is 2.77 bits per heavy atom. The smallest absolute Gasteiger partial charge is 0.274 e. The van der Waals surface area contributed by atoms with Crippen LogP contribution in [-0.4, -0.2) is 19.6 Å². The molecule has 0 radical (unpaired) electrons. The van der Waals surface area contributed by atoms with E-state index < -0.39 is 0 Å². The van der Waals surface area contributed by atoms with E-state index in [1.807, 2.05) is 18.2 Å². The summed E-state index contributed by atoms with van der Waals surface area (Å²) >= 11 is 0. The van der Waals surface area contributed by atoms with Crippen LogP contribution in [0.25, 0.3) is 16.9 Å². The summed E-state index contributed by atoms with van der Waals surface area (Å²) in [6.45, 7) is 0. The zero-order chi connectivity index (χ0) is 17.5. The van der Waals surface area contributed by atoms with Crippen molar-refractivity contribution < 1.29 is 0 Å². The van der Waals surface area contributed by atoms with Crippen molar-refractivity contribution in [2.24, 2.45) is 0 Å². The van der Waals surface area contributed by atoms with Gasteiger partial charge in [-0.15, -0.1) is 0 Å². The number of hydrogen-bond acceptors (Lipinski definition) is 3. The molecule has 1 aliphatic rings. The minimum atomic E-state index is -0.102. The van der Waals surface area contributed by atoms with Crippen LogP contribution in [0.5, 0.6) is 0 Å². The Morgan fingerprint density at radius 1 is 1.08 bits per heavy atom. The molecular weight excluding hydrogens is 324 g/mol. The number of nitrogens with zero attached hydrogens (tertiary/aromatic N) is 3. The lowest BCUT2D eigenvalue weighted by molar-refractivity contribution is 0.569. The van der Waals surface area contributed by atoms with Crippen LogP contribution in [0.1, 0.15) is 29.2 Å². The minimum Gasteiger partial charge on any atom is -0.343 e. The molecule has 3 heterocycles. The van der Waals surface area contributed by atoms with E-state index in [1.165, 1.54) is 15.6 Å². The van der Waals surface area contributed by atoms with E-state index in [1.54, 1.807) is 18.5 Å². The first-order valence-electron chi connectivity index (χ1n) is 8.89. The van der Waals surface area contributed by atoms with Crippen molar-refractivity contribution in [1.82, 2.24) is 19.6 Å². The van der Waals surface area contributed by atoms with Gasteiger partial charge in [0.15, 0.2) is 0 Å². The molecule has 0 saturated heterocycles. The SMILES string of the molecule is O=c1cc(C2CCc3ccccc3C2)[nH]c2c(-c3ccccn3)cnn12. The zero-order valence-corrected chi connectivity index (χ0v) is 14.2. The van der Waals surface area contributed by atoms with Crippen LogP contribution in [0.3, 0.4) is 0 Å². The number of nitrogens with one attached hydrogen (secondary N) is 1. The third kappa shape index (κ3) is 2.44. The van der Waals surface area contributed by atoms with Gasteiger partial charge in [0.25, 0.3) is 5.56 Å². The molecular formula is C21H18N4O. The molecule has 0 fully saturated rings. The lowest BCUT2D eigenvalue weighted by Gasteiger charge is -2.24. The van der Waals surface area contributed by atoms with Gasteiger partial charge in [-0.1, -0.05) is 30.3 Å². The Kier molecular flexibility index (Phi) is 3.45. The maximum atomic E-state index is 12.6. The Morgan fingerprint density at radius 2 is 1.92 bits per heavy atom. The fourth-order valence-electron chi connectivity index (χ4n) is 3.90. The second-order valence-corrected chi connectivity index (χ2v) is 6.80. The summed E-state index contributed by atoms with van der Waals surface area (Å²) in [5.41, 5.74) is 6.05. The van der Waals surface area contributed by atoms with Crippen molar-refractivity contribution in [2.45, 2.75) is 25.2 Å². The van der Waals surface area contributed by atoms with Gasteiger partial charge in [-0.2, -0.15) is 9.61 Å². The average Bonchev–Trinajstić information content (AvgIpc) is 3.13. The average molecular weight is 342 g/mol. The fraction of sp³-hybridized carbons (Fsp3) is 0.190. The highest BCUT2D eigenvalue weighted by Crippen LogP contribution is 2.32. The molecule has 1 N–H and O–H groups in total. The molecule has 5 nitrogen and oxygen atoms in total. The third-order valence-corrected chi connectivity index (χ3v) is 5.25. The van der Waals surface area contributed by atoms with E-state index in [4.69, 9.17) is 0 Å². The first-order chi connectivity index (χ1) is 12.8. The predicted octanol–water partition coefficient (Wildman–Crippen LogP) is 3.36. The molecule has 3 aromatic heterocycles. The normalized spacial score (nSPS) is 16.5. The number of fused-ring (bicyclic) bond motifs is 2. The van der Waals surface area contributed by atoms with Crippen molar-refractivity contribution in [3.63, 3.8) is 0 Å². The first kappa shape index (κ1) is 15.1. The van der Waals surface area contributed by atoms with Gasteiger partial charge in [-0.05, 0) is 42.5 Å². The lowest BCUT2D eigenvalue weighted by atomic mass is 9.82. The molecule has 0 amide bonds. The van der Waals surface area contributed by atoms with E-state index in [9.17, 15) is 4.79 Å². The Balaban J connectivity index is 1.61. The predicted molar refractivity (Wildman–Crippen MR) is 100 cm³/mol. The molecule has 1 aromatic carbocycles. The molecule has 1 aliphatic carbocycles. The van der Waals surface area contributed by atoms with Gasteiger partial charge < -0.3 is 4.98 Å². The van der Waals surface area contributed by atoms with Gasteiger partial charge in [0.1, 0.15) is 5.65 Å². The molecule has 5 heteroatoms. The van der Waals surface area contributed by atoms with Crippen LogP contribution < -0.4 is 5.56 Å². The van der Waals surface area contributed by atoms with E-state index in [-0.39, 0.29) is 5.56 Å². The summed E-state index contributed by atoms with van der Waals surface area (Å²) in [4.78, 5) is 20.5. The zero-order valence-electron chi connectivity index (χ0n) is 14.2. The number of aryl methyl sites for hydroxylation is 1. The summed E-state index contributed by atoms with van der Waals surface area (Å²) in [7, 11) is 0. The number of aromatic amines is 1. The summed E-state index contributed by atoms with van der Waals surface area (Å²) < 4.78 is 1.42. The molecule has 1 atom stereocenters. The van der Waals surface area contributed by atoms with E-state index in [2.05, 4.69) is 39.3 Å². The number of aromatic nitrogens is 4. The lowest BCUT2D eigenvalue weighted by Crippen LogP contribution is -2.20. The molecule has 4 aromatic rings.